The van der Waals surface area contributed by atoms with Crippen molar-refractivity contribution in [2.75, 3.05) is 18.2 Å². The fraction of sp³-hybridized carbons (Fsp3) is 0.0714. The summed E-state index contributed by atoms with van der Waals surface area (Å²) >= 11 is 3.20. The summed E-state index contributed by atoms with van der Waals surface area (Å²) in [5.41, 5.74) is 6.50. The van der Waals surface area contributed by atoms with Crippen molar-refractivity contribution in [3.8, 4) is 5.75 Å². The van der Waals surface area contributed by atoms with E-state index in [1.807, 2.05) is 0 Å². The van der Waals surface area contributed by atoms with Crippen LogP contribution in [-0.2, 0) is 0 Å². The molecule has 0 aromatic heterocycles. The average molecular weight is 339 g/mol. The van der Waals surface area contributed by atoms with Crippen LogP contribution in [0, 0.1) is 5.82 Å². The molecule has 0 bridgehead atoms. The molecular weight excluding hydrogens is 327 g/mol. The van der Waals surface area contributed by atoms with Crippen LogP contribution in [-0.4, -0.2) is 13.0 Å². The molecule has 0 unspecified atom stereocenters. The second-order valence-corrected chi connectivity index (χ2v) is 4.95. The molecule has 0 heterocycles. The van der Waals surface area contributed by atoms with Gasteiger partial charge in [-0.3, -0.25) is 4.79 Å². The Bertz CT molecular complexity index is 662. The lowest BCUT2D eigenvalue weighted by molar-refractivity contribution is 0.102. The zero-order chi connectivity index (χ0) is 14.7. The summed E-state index contributed by atoms with van der Waals surface area (Å²) in [5, 5.41) is 2.59. The Morgan fingerprint density at radius 3 is 2.75 bits per heavy atom. The van der Waals surface area contributed by atoms with Crippen LogP contribution in [0.1, 0.15) is 10.4 Å². The number of halogens is 2. The van der Waals surface area contributed by atoms with Crippen molar-refractivity contribution in [3.05, 3.63) is 52.3 Å². The highest BCUT2D eigenvalue weighted by molar-refractivity contribution is 9.10. The molecule has 2 aromatic carbocycles. The van der Waals surface area contributed by atoms with E-state index in [9.17, 15) is 9.18 Å². The minimum absolute atomic E-state index is 0.0572. The van der Waals surface area contributed by atoms with Gasteiger partial charge in [0.2, 0.25) is 0 Å². The maximum Gasteiger partial charge on any atom is 0.258 e. The van der Waals surface area contributed by atoms with E-state index in [2.05, 4.69) is 21.2 Å². The fourth-order valence-corrected chi connectivity index (χ4v) is 2.03. The molecule has 0 aliphatic heterocycles. The lowest BCUT2D eigenvalue weighted by Crippen LogP contribution is -2.14. The van der Waals surface area contributed by atoms with Crippen LogP contribution in [0.3, 0.4) is 0 Å². The Balaban J connectivity index is 2.30. The van der Waals surface area contributed by atoms with Gasteiger partial charge < -0.3 is 15.8 Å². The van der Waals surface area contributed by atoms with Crippen molar-refractivity contribution in [1.29, 1.82) is 0 Å². The first-order valence-corrected chi connectivity index (χ1v) is 6.50. The third-order valence-corrected chi connectivity index (χ3v) is 3.14. The monoisotopic (exact) mass is 338 g/mol. The number of carbonyl (C=O) groups excluding carboxylic acids is 1. The zero-order valence-electron chi connectivity index (χ0n) is 10.6. The minimum atomic E-state index is -0.597. The van der Waals surface area contributed by atoms with E-state index in [-0.39, 0.29) is 5.56 Å². The summed E-state index contributed by atoms with van der Waals surface area (Å²) in [7, 11) is 1.46. The maximum atomic E-state index is 13.6. The number of nitrogen functional groups attached to an aromatic ring is 1. The second kappa shape index (κ2) is 5.92. The highest BCUT2D eigenvalue weighted by Gasteiger charge is 2.14. The van der Waals surface area contributed by atoms with E-state index >= 15 is 0 Å². The van der Waals surface area contributed by atoms with E-state index in [0.29, 0.717) is 21.6 Å². The number of rotatable bonds is 3. The average Bonchev–Trinajstić information content (AvgIpc) is 2.43. The Hall–Kier alpha value is -2.08. The van der Waals surface area contributed by atoms with Gasteiger partial charge in [-0.05, 0) is 30.3 Å². The van der Waals surface area contributed by atoms with Gasteiger partial charge in [0.25, 0.3) is 5.91 Å². The van der Waals surface area contributed by atoms with Crippen LogP contribution in [0.4, 0.5) is 15.8 Å². The van der Waals surface area contributed by atoms with Crippen molar-refractivity contribution in [2.45, 2.75) is 0 Å². The molecule has 0 saturated heterocycles. The molecule has 6 heteroatoms. The lowest BCUT2D eigenvalue weighted by atomic mass is 10.2. The first-order chi connectivity index (χ1) is 9.51. The summed E-state index contributed by atoms with van der Waals surface area (Å²) < 4.78 is 19.4. The van der Waals surface area contributed by atoms with Gasteiger partial charge in [0.1, 0.15) is 11.6 Å². The molecule has 104 valence electrons. The molecule has 1 amide bonds. The molecule has 0 atom stereocenters. The molecule has 0 saturated carbocycles. The summed E-state index contributed by atoms with van der Waals surface area (Å²) in [5.74, 6) is -0.749. The smallest absolute Gasteiger partial charge is 0.258 e. The van der Waals surface area contributed by atoms with E-state index in [0.717, 1.165) is 0 Å². The van der Waals surface area contributed by atoms with Crippen molar-refractivity contribution in [2.24, 2.45) is 0 Å². The predicted molar refractivity (Wildman–Crippen MR) is 79.5 cm³/mol. The highest BCUT2D eigenvalue weighted by atomic mass is 79.9. The molecule has 4 nitrogen and oxygen atoms in total. The standard InChI is InChI=1S/C14H12BrFN2O2/c1-20-13-7-9(17)3-5-12(13)18-14(19)10-6-8(15)2-4-11(10)16/h2-7H,17H2,1H3,(H,18,19). The van der Waals surface area contributed by atoms with Crippen LogP contribution >= 0.6 is 15.9 Å². The normalized spacial score (nSPS) is 10.2. The number of nitrogens with two attached hydrogens (primary N) is 1. The van der Waals surface area contributed by atoms with E-state index in [1.165, 1.54) is 25.3 Å². The van der Waals surface area contributed by atoms with Crippen LogP contribution in [0.2, 0.25) is 0 Å². The quantitative estimate of drug-likeness (QED) is 0.842. The number of nitrogens with one attached hydrogen (secondary N) is 1. The lowest BCUT2D eigenvalue weighted by Gasteiger charge is -2.11. The Labute approximate surface area is 123 Å². The predicted octanol–water partition coefficient (Wildman–Crippen LogP) is 3.43. The van der Waals surface area contributed by atoms with Gasteiger partial charge in [-0.25, -0.2) is 4.39 Å². The van der Waals surface area contributed by atoms with Gasteiger partial charge in [0.15, 0.2) is 0 Å². The van der Waals surface area contributed by atoms with Gasteiger partial charge in [0, 0.05) is 16.2 Å². The largest absolute Gasteiger partial charge is 0.494 e. The van der Waals surface area contributed by atoms with E-state index < -0.39 is 11.7 Å². The summed E-state index contributed by atoms with van der Waals surface area (Å²) in [6.45, 7) is 0. The molecule has 2 aromatic rings. The summed E-state index contributed by atoms with van der Waals surface area (Å²) in [6.07, 6.45) is 0. The van der Waals surface area contributed by atoms with Crippen LogP contribution < -0.4 is 15.8 Å². The Kier molecular flexibility index (Phi) is 4.24. The van der Waals surface area contributed by atoms with Crippen LogP contribution in [0.15, 0.2) is 40.9 Å². The number of anilines is 2. The van der Waals surface area contributed by atoms with Crippen molar-refractivity contribution >= 4 is 33.2 Å². The fourth-order valence-electron chi connectivity index (χ4n) is 1.67. The van der Waals surface area contributed by atoms with Crippen LogP contribution in [0.25, 0.3) is 0 Å². The third-order valence-electron chi connectivity index (χ3n) is 2.65. The molecule has 0 aliphatic rings. The van der Waals surface area contributed by atoms with E-state index in [4.69, 9.17) is 10.5 Å². The van der Waals surface area contributed by atoms with E-state index in [1.54, 1.807) is 18.2 Å². The topological polar surface area (TPSA) is 64.3 Å². The van der Waals surface area contributed by atoms with Crippen molar-refractivity contribution < 1.29 is 13.9 Å². The second-order valence-electron chi connectivity index (χ2n) is 4.04. The molecular formula is C14H12BrFN2O2. The number of benzene rings is 2. The summed E-state index contributed by atoms with van der Waals surface area (Å²) in [4.78, 5) is 12.1. The zero-order valence-corrected chi connectivity index (χ0v) is 12.2. The molecule has 0 aliphatic carbocycles. The molecule has 0 spiro atoms. The Morgan fingerprint density at radius 2 is 2.05 bits per heavy atom. The van der Waals surface area contributed by atoms with Crippen molar-refractivity contribution in [1.82, 2.24) is 0 Å². The van der Waals surface area contributed by atoms with Gasteiger partial charge in [-0.15, -0.1) is 0 Å². The molecule has 0 fully saturated rings. The third kappa shape index (κ3) is 3.08. The number of carbonyl (C=O) groups is 1. The first-order valence-electron chi connectivity index (χ1n) is 5.71. The van der Waals surface area contributed by atoms with Gasteiger partial charge in [-0.2, -0.15) is 0 Å². The SMILES string of the molecule is COc1cc(N)ccc1NC(=O)c1cc(Br)ccc1F. The van der Waals surface area contributed by atoms with Crippen molar-refractivity contribution in [3.63, 3.8) is 0 Å². The van der Waals surface area contributed by atoms with Gasteiger partial charge in [-0.1, -0.05) is 15.9 Å². The number of hydrogen-bond donors (Lipinski definition) is 2. The number of ether oxygens (including phenoxy) is 1. The molecule has 0 radical (unpaired) electrons. The number of amides is 1. The number of methoxy groups -OCH3 is 1. The summed E-state index contributed by atoms with van der Waals surface area (Å²) in [6, 6.07) is 8.95. The minimum Gasteiger partial charge on any atom is -0.494 e. The van der Waals surface area contributed by atoms with Gasteiger partial charge >= 0.3 is 0 Å². The molecule has 20 heavy (non-hydrogen) atoms. The first kappa shape index (κ1) is 14.3. The molecule has 2 rings (SSSR count). The number of hydrogen-bond acceptors (Lipinski definition) is 3. The maximum absolute atomic E-state index is 13.6. The van der Waals surface area contributed by atoms with Crippen LogP contribution in [0.5, 0.6) is 5.75 Å². The van der Waals surface area contributed by atoms with Gasteiger partial charge in [0.05, 0.1) is 18.4 Å². The highest BCUT2D eigenvalue weighted by Crippen LogP contribution is 2.27. The molecule has 3 N–H and O–H groups in total. The Morgan fingerprint density at radius 1 is 1.30 bits per heavy atom.